The number of carbonyl (C=O) groups is 3. The molecule has 1 fully saturated rings. The summed E-state index contributed by atoms with van der Waals surface area (Å²) in [6, 6.07) is 10.7. The summed E-state index contributed by atoms with van der Waals surface area (Å²) in [5, 5.41) is 3.27. The molecule has 0 radical (unpaired) electrons. The van der Waals surface area contributed by atoms with Crippen LogP contribution in [0.5, 0.6) is 0 Å². The lowest BCUT2D eigenvalue weighted by atomic mass is 9.72. The lowest BCUT2D eigenvalue weighted by molar-refractivity contribution is -0.118. The molecule has 2 aliphatic rings. The van der Waals surface area contributed by atoms with E-state index in [-0.39, 0.29) is 11.3 Å². The smallest absolute Gasteiger partial charge is 0.247 e. The molecular weight excluding hydrogens is 436 g/mol. The van der Waals surface area contributed by atoms with E-state index in [4.69, 9.17) is 9.59 Å². The van der Waals surface area contributed by atoms with Gasteiger partial charge in [-0.3, -0.25) is 4.79 Å². The van der Waals surface area contributed by atoms with Gasteiger partial charge in [0.25, 0.3) is 0 Å². The van der Waals surface area contributed by atoms with Gasteiger partial charge < -0.3 is 19.8 Å². The Hall–Kier alpha value is -2.79. The van der Waals surface area contributed by atoms with Gasteiger partial charge in [-0.05, 0) is 57.8 Å². The molecule has 3 rings (SSSR count). The number of rotatable bonds is 5. The molecule has 35 heavy (non-hydrogen) atoms. The van der Waals surface area contributed by atoms with Crippen LogP contribution in [0, 0.1) is 5.92 Å². The number of nitrogens with zero attached hydrogens (tertiary/aromatic N) is 1. The van der Waals surface area contributed by atoms with Crippen molar-refractivity contribution in [1.29, 1.82) is 0 Å². The lowest BCUT2D eigenvalue weighted by Crippen LogP contribution is -2.48. The normalized spacial score (nSPS) is 21.8. The summed E-state index contributed by atoms with van der Waals surface area (Å²) in [5.41, 5.74) is 3.48. The van der Waals surface area contributed by atoms with Crippen molar-refractivity contribution in [2.24, 2.45) is 5.92 Å². The van der Waals surface area contributed by atoms with Crippen LogP contribution >= 0.6 is 0 Å². The number of allylic oxidation sites excluding steroid dienone is 5. The van der Waals surface area contributed by atoms with Crippen LogP contribution in [0.2, 0.25) is 0 Å². The van der Waals surface area contributed by atoms with Crippen molar-refractivity contribution in [1.82, 2.24) is 10.2 Å². The van der Waals surface area contributed by atoms with Gasteiger partial charge in [0.05, 0.1) is 0 Å². The van der Waals surface area contributed by atoms with Crippen LogP contribution in [-0.2, 0) is 19.8 Å². The second kappa shape index (κ2) is 18.5. The number of nitrogens with one attached hydrogen (secondary N) is 1. The van der Waals surface area contributed by atoms with Crippen LogP contribution in [-0.4, -0.2) is 51.1 Å². The van der Waals surface area contributed by atoms with Crippen LogP contribution in [0.1, 0.15) is 65.4 Å². The van der Waals surface area contributed by atoms with Crippen molar-refractivity contribution in [3.8, 4) is 0 Å². The maximum absolute atomic E-state index is 12.9. The molecule has 0 bridgehead atoms. The first-order valence-corrected chi connectivity index (χ1v) is 12.5. The number of likely N-dealkylation sites (tertiary alicyclic amines) is 1. The average Bonchev–Trinajstić information content (AvgIpc) is 2.89. The third-order valence-corrected chi connectivity index (χ3v) is 6.44. The summed E-state index contributed by atoms with van der Waals surface area (Å²) in [6.07, 6.45) is 13.9. The zero-order valence-corrected chi connectivity index (χ0v) is 22.5. The highest BCUT2D eigenvalue weighted by molar-refractivity contribution is 5.94. The molecule has 0 aromatic heterocycles. The topological polar surface area (TPSA) is 66.5 Å². The van der Waals surface area contributed by atoms with E-state index in [0.717, 1.165) is 37.9 Å². The second-order valence-electron chi connectivity index (χ2n) is 9.26. The van der Waals surface area contributed by atoms with E-state index in [1.807, 2.05) is 25.7 Å². The van der Waals surface area contributed by atoms with Gasteiger partial charge in [-0.1, -0.05) is 93.8 Å². The Balaban J connectivity index is 0.00000129. The molecule has 0 saturated carbocycles. The van der Waals surface area contributed by atoms with Gasteiger partial charge in [-0.25, -0.2) is 0 Å². The molecule has 1 aromatic rings. The molecule has 194 valence electrons. The van der Waals surface area contributed by atoms with Gasteiger partial charge in [0.15, 0.2) is 0 Å². The molecule has 1 aliphatic carbocycles. The third kappa shape index (κ3) is 11.5. The Morgan fingerprint density at radius 2 is 1.63 bits per heavy atom. The van der Waals surface area contributed by atoms with Crippen molar-refractivity contribution in [3.05, 3.63) is 71.3 Å². The Kier molecular flexibility index (Phi) is 17.0. The fraction of sp³-hybridized carbons (Fsp3) is 0.500. The summed E-state index contributed by atoms with van der Waals surface area (Å²) < 4.78 is 0. The Morgan fingerprint density at radius 1 is 1.06 bits per heavy atom. The lowest BCUT2D eigenvalue weighted by Gasteiger charge is -2.41. The van der Waals surface area contributed by atoms with Crippen molar-refractivity contribution in [2.45, 2.75) is 65.2 Å². The number of carbonyl (C=O) groups excluding carboxylic acids is 3. The van der Waals surface area contributed by atoms with E-state index in [0.29, 0.717) is 12.5 Å². The largest absolute Gasteiger partial charge is 0.351 e. The average molecular weight is 483 g/mol. The van der Waals surface area contributed by atoms with E-state index >= 15 is 0 Å². The standard InChI is InChI=1S/C24H32N2O.C4H10.2CH2O/c1-19-8-7-9-21(17-20(2)16-19)23(27)25-18-24(12-14-26(3)15-13-24)22-10-5-4-6-11-22;1-3-4-2;2*1-2/h4-11,16,19H,12-15,17-18H2,1-3H3,(H,25,27);3-4H2,1-2H3;2*1H2/b8-7?,20-16-,21-9+;;;. The van der Waals surface area contributed by atoms with Gasteiger partial charge >= 0.3 is 0 Å². The molecule has 1 unspecified atom stereocenters. The van der Waals surface area contributed by atoms with Crippen molar-refractivity contribution in [2.75, 3.05) is 26.7 Å². The predicted octanol–water partition coefficient (Wildman–Crippen LogP) is 5.67. The van der Waals surface area contributed by atoms with Gasteiger partial charge in [0.1, 0.15) is 13.6 Å². The Morgan fingerprint density at radius 3 is 2.17 bits per heavy atom. The molecule has 1 amide bonds. The van der Waals surface area contributed by atoms with E-state index in [2.05, 4.69) is 87.4 Å². The maximum Gasteiger partial charge on any atom is 0.247 e. The number of amides is 1. The number of benzene rings is 1. The zero-order chi connectivity index (χ0) is 26.7. The van der Waals surface area contributed by atoms with E-state index in [9.17, 15) is 4.79 Å². The summed E-state index contributed by atoms with van der Waals surface area (Å²) >= 11 is 0. The third-order valence-electron chi connectivity index (χ3n) is 6.44. The fourth-order valence-electron chi connectivity index (χ4n) is 4.19. The van der Waals surface area contributed by atoms with E-state index in [1.165, 1.54) is 24.0 Å². The Bertz CT molecular complexity index is 802. The summed E-state index contributed by atoms with van der Waals surface area (Å²) in [4.78, 5) is 31.3. The van der Waals surface area contributed by atoms with Gasteiger partial charge in [0.2, 0.25) is 5.91 Å². The summed E-state index contributed by atoms with van der Waals surface area (Å²) in [7, 11) is 2.18. The minimum atomic E-state index is 0.0286. The maximum atomic E-state index is 12.9. The van der Waals surface area contributed by atoms with E-state index in [1.54, 1.807) is 0 Å². The molecule has 5 nitrogen and oxygen atoms in total. The predicted molar refractivity (Wildman–Crippen MR) is 147 cm³/mol. The number of hydrogen-bond acceptors (Lipinski definition) is 4. The summed E-state index contributed by atoms with van der Waals surface area (Å²) in [5.74, 6) is 0.489. The van der Waals surface area contributed by atoms with E-state index < -0.39 is 0 Å². The highest BCUT2D eigenvalue weighted by Gasteiger charge is 2.35. The molecule has 1 aromatic carbocycles. The minimum Gasteiger partial charge on any atom is -0.351 e. The van der Waals surface area contributed by atoms with Crippen LogP contribution in [0.15, 0.2) is 65.8 Å². The quantitative estimate of drug-likeness (QED) is 0.549. The Labute approximate surface area is 213 Å². The van der Waals surface area contributed by atoms with Crippen LogP contribution in [0.3, 0.4) is 0 Å². The molecule has 0 spiro atoms. The molecular formula is C30H46N2O3. The molecule has 1 atom stereocenters. The number of hydrogen-bond donors (Lipinski definition) is 1. The van der Waals surface area contributed by atoms with Gasteiger partial charge in [-0.2, -0.15) is 0 Å². The molecule has 1 N–H and O–H groups in total. The number of piperidine rings is 1. The van der Waals surface area contributed by atoms with Crippen molar-refractivity contribution < 1.29 is 14.4 Å². The highest BCUT2D eigenvalue weighted by atomic mass is 16.1. The SMILES string of the molecule is C/C1=C/C(C)C=C/C=C(/C(=O)NCC2(c3ccccc3)CCN(C)CC2)C1.C=O.C=O.CCCC. The monoisotopic (exact) mass is 482 g/mol. The second-order valence-corrected chi connectivity index (χ2v) is 9.26. The van der Waals surface area contributed by atoms with Crippen LogP contribution in [0.25, 0.3) is 0 Å². The molecule has 1 aliphatic heterocycles. The molecule has 1 saturated heterocycles. The first-order chi connectivity index (χ1) is 16.9. The summed E-state index contributed by atoms with van der Waals surface area (Å²) in [6.45, 7) is 15.5. The first kappa shape index (κ1) is 32.2. The number of unbranched alkanes of at least 4 members (excludes halogenated alkanes) is 1. The van der Waals surface area contributed by atoms with Crippen LogP contribution in [0.4, 0.5) is 0 Å². The highest BCUT2D eigenvalue weighted by Crippen LogP contribution is 2.34. The van der Waals surface area contributed by atoms with Crippen LogP contribution < -0.4 is 5.32 Å². The van der Waals surface area contributed by atoms with Gasteiger partial charge in [0, 0.05) is 17.5 Å². The molecule has 5 heteroatoms. The van der Waals surface area contributed by atoms with Crippen molar-refractivity contribution >= 4 is 19.5 Å². The first-order valence-electron chi connectivity index (χ1n) is 12.5. The molecule has 1 heterocycles. The van der Waals surface area contributed by atoms with Gasteiger partial charge in [-0.15, -0.1) is 0 Å². The fourth-order valence-corrected chi connectivity index (χ4v) is 4.19. The van der Waals surface area contributed by atoms with Crippen molar-refractivity contribution in [3.63, 3.8) is 0 Å². The minimum absolute atomic E-state index is 0.0286. The zero-order valence-electron chi connectivity index (χ0n) is 22.5.